The molecule has 2 unspecified atom stereocenters. The van der Waals surface area contributed by atoms with Crippen LogP contribution in [0.5, 0.6) is 0 Å². The SMILES string of the molecule is CCC(CN)CC(=O)NC(C)Cc1ccc(Br)cc1. The van der Waals surface area contributed by atoms with Crippen molar-refractivity contribution < 1.29 is 4.79 Å². The number of halogens is 1. The number of hydrogen-bond acceptors (Lipinski definition) is 2. The molecule has 3 N–H and O–H groups in total. The molecule has 0 saturated carbocycles. The van der Waals surface area contributed by atoms with E-state index in [1.165, 1.54) is 5.56 Å². The highest BCUT2D eigenvalue weighted by Gasteiger charge is 2.13. The Labute approximate surface area is 124 Å². The van der Waals surface area contributed by atoms with Crippen LogP contribution < -0.4 is 11.1 Å². The predicted molar refractivity (Wildman–Crippen MR) is 82.9 cm³/mol. The first-order valence-corrected chi connectivity index (χ1v) is 7.58. The van der Waals surface area contributed by atoms with Gasteiger partial charge in [-0.2, -0.15) is 0 Å². The van der Waals surface area contributed by atoms with E-state index in [4.69, 9.17) is 5.73 Å². The van der Waals surface area contributed by atoms with Crippen molar-refractivity contribution in [2.45, 2.75) is 39.2 Å². The van der Waals surface area contributed by atoms with E-state index >= 15 is 0 Å². The number of carbonyl (C=O) groups is 1. The summed E-state index contributed by atoms with van der Waals surface area (Å²) in [5, 5.41) is 3.04. The van der Waals surface area contributed by atoms with Gasteiger partial charge < -0.3 is 11.1 Å². The molecule has 106 valence electrons. The molecule has 0 radical (unpaired) electrons. The lowest BCUT2D eigenvalue weighted by atomic mass is 10.0. The second-order valence-corrected chi connectivity index (χ2v) is 5.93. The van der Waals surface area contributed by atoms with Gasteiger partial charge in [-0.3, -0.25) is 4.79 Å². The molecule has 1 aromatic carbocycles. The number of nitrogens with two attached hydrogens (primary N) is 1. The zero-order valence-corrected chi connectivity index (χ0v) is 13.2. The van der Waals surface area contributed by atoms with Gasteiger partial charge in [0.1, 0.15) is 0 Å². The molecule has 3 nitrogen and oxygen atoms in total. The molecule has 0 bridgehead atoms. The smallest absolute Gasteiger partial charge is 0.220 e. The van der Waals surface area contributed by atoms with E-state index in [1.807, 2.05) is 19.1 Å². The van der Waals surface area contributed by atoms with Gasteiger partial charge in [-0.15, -0.1) is 0 Å². The Morgan fingerprint density at radius 2 is 2.00 bits per heavy atom. The van der Waals surface area contributed by atoms with E-state index < -0.39 is 0 Å². The van der Waals surface area contributed by atoms with Crippen molar-refractivity contribution in [1.29, 1.82) is 0 Å². The van der Waals surface area contributed by atoms with Crippen molar-refractivity contribution in [2.75, 3.05) is 6.54 Å². The maximum Gasteiger partial charge on any atom is 0.220 e. The molecule has 0 fully saturated rings. The number of benzene rings is 1. The first kappa shape index (κ1) is 16.2. The summed E-state index contributed by atoms with van der Waals surface area (Å²) in [7, 11) is 0. The highest BCUT2D eigenvalue weighted by atomic mass is 79.9. The van der Waals surface area contributed by atoms with Crippen LogP contribution in [-0.4, -0.2) is 18.5 Å². The van der Waals surface area contributed by atoms with Crippen molar-refractivity contribution >= 4 is 21.8 Å². The Morgan fingerprint density at radius 1 is 1.37 bits per heavy atom. The van der Waals surface area contributed by atoms with Gasteiger partial charge in [0, 0.05) is 16.9 Å². The number of nitrogens with one attached hydrogen (secondary N) is 1. The minimum Gasteiger partial charge on any atom is -0.353 e. The van der Waals surface area contributed by atoms with Crippen LogP contribution >= 0.6 is 15.9 Å². The average Bonchev–Trinajstić information content (AvgIpc) is 2.38. The lowest BCUT2D eigenvalue weighted by Crippen LogP contribution is -2.36. The second-order valence-electron chi connectivity index (χ2n) is 5.01. The monoisotopic (exact) mass is 326 g/mol. The van der Waals surface area contributed by atoms with Crippen molar-refractivity contribution in [3.63, 3.8) is 0 Å². The largest absolute Gasteiger partial charge is 0.353 e. The summed E-state index contributed by atoms with van der Waals surface area (Å²) >= 11 is 3.41. The second kappa shape index (κ2) is 8.33. The van der Waals surface area contributed by atoms with Crippen LogP contribution in [0.2, 0.25) is 0 Å². The summed E-state index contributed by atoms with van der Waals surface area (Å²) in [4.78, 5) is 11.9. The van der Waals surface area contributed by atoms with Crippen LogP contribution in [0, 0.1) is 5.92 Å². The molecule has 0 aliphatic carbocycles. The normalized spacial score (nSPS) is 13.9. The highest BCUT2D eigenvalue weighted by molar-refractivity contribution is 9.10. The molecule has 1 rings (SSSR count). The van der Waals surface area contributed by atoms with Gasteiger partial charge in [-0.1, -0.05) is 41.4 Å². The molecule has 1 aromatic rings. The van der Waals surface area contributed by atoms with Gasteiger partial charge in [0.25, 0.3) is 0 Å². The maximum absolute atomic E-state index is 11.9. The number of carbonyl (C=O) groups excluding carboxylic acids is 1. The van der Waals surface area contributed by atoms with Crippen molar-refractivity contribution in [3.05, 3.63) is 34.3 Å². The van der Waals surface area contributed by atoms with E-state index in [-0.39, 0.29) is 11.9 Å². The van der Waals surface area contributed by atoms with Crippen LogP contribution in [0.25, 0.3) is 0 Å². The zero-order valence-electron chi connectivity index (χ0n) is 11.7. The van der Waals surface area contributed by atoms with E-state index in [9.17, 15) is 4.79 Å². The quantitative estimate of drug-likeness (QED) is 0.809. The van der Waals surface area contributed by atoms with Gasteiger partial charge in [0.05, 0.1) is 0 Å². The zero-order chi connectivity index (χ0) is 14.3. The van der Waals surface area contributed by atoms with Gasteiger partial charge in [-0.25, -0.2) is 0 Å². The third-order valence-corrected chi connectivity index (χ3v) is 3.78. The Morgan fingerprint density at radius 3 is 2.53 bits per heavy atom. The number of amides is 1. The molecule has 0 aromatic heterocycles. The summed E-state index contributed by atoms with van der Waals surface area (Å²) in [5.74, 6) is 0.391. The van der Waals surface area contributed by atoms with Gasteiger partial charge >= 0.3 is 0 Å². The van der Waals surface area contributed by atoms with E-state index in [0.29, 0.717) is 18.9 Å². The Balaban J connectivity index is 2.40. The summed E-state index contributed by atoms with van der Waals surface area (Å²) in [6.45, 7) is 4.67. The van der Waals surface area contributed by atoms with Crippen LogP contribution in [-0.2, 0) is 11.2 Å². The molecular formula is C15H23BrN2O. The molecule has 19 heavy (non-hydrogen) atoms. The molecular weight excluding hydrogens is 304 g/mol. The fraction of sp³-hybridized carbons (Fsp3) is 0.533. The van der Waals surface area contributed by atoms with Crippen LogP contribution in [0.4, 0.5) is 0 Å². The Kier molecular flexibility index (Phi) is 7.10. The van der Waals surface area contributed by atoms with Gasteiger partial charge in [0.15, 0.2) is 0 Å². The van der Waals surface area contributed by atoms with Crippen molar-refractivity contribution in [2.24, 2.45) is 11.7 Å². The summed E-state index contributed by atoms with van der Waals surface area (Å²) < 4.78 is 1.07. The number of rotatable bonds is 7. The Hall–Kier alpha value is -0.870. The van der Waals surface area contributed by atoms with Gasteiger partial charge in [0.2, 0.25) is 5.91 Å². The molecule has 0 saturated heterocycles. The van der Waals surface area contributed by atoms with Crippen LogP contribution in [0.3, 0.4) is 0 Å². The Bertz CT molecular complexity index is 388. The summed E-state index contributed by atoms with van der Waals surface area (Å²) in [6.07, 6.45) is 2.32. The van der Waals surface area contributed by atoms with Crippen LogP contribution in [0.1, 0.15) is 32.3 Å². The molecule has 0 aliphatic rings. The number of hydrogen-bond donors (Lipinski definition) is 2. The predicted octanol–water partition coefficient (Wildman–Crippen LogP) is 2.87. The molecule has 0 spiro atoms. The highest BCUT2D eigenvalue weighted by Crippen LogP contribution is 2.12. The minimum absolute atomic E-state index is 0.0990. The summed E-state index contributed by atoms with van der Waals surface area (Å²) in [6, 6.07) is 8.32. The van der Waals surface area contributed by atoms with Gasteiger partial charge in [-0.05, 0) is 43.5 Å². The standard InChI is InChI=1S/C15H23BrN2O/c1-3-12(10-17)9-15(19)18-11(2)8-13-4-6-14(16)7-5-13/h4-7,11-12H,3,8-10,17H2,1-2H3,(H,18,19). The lowest BCUT2D eigenvalue weighted by molar-refractivity contribution is -0.122. The minimum atomic E-state index is 0.0990. The first-order valence-electron chi connectivity index (χ1n) is 6.79. The molecule has 1 amide bonds. The maximum atomic E-state index is 11.9. The molecule has 0 heterocycles. The van der Waals surface area contributed by atoms with Crippen molar-refractivity contribution in [3.8, 4) is 0 Å². The lowest BCUT2D eigenvalue weighted by Gasteiger charge is -2.17. The van der Waals surface area contributed by atoms with E-state index in [0.717, 1.165) is 17.3 Å². The first-order chi connectivity index (χ1) is 9.05. The third kappa shape index (κ3) is 6.21. The fourth-order valence-corrected chi connectivity index (χ4v) is 2.28. The average molecular weight is 327 g/mol. The molecule has 2 atom stereocenters. The molecule has 4 heteroatoms. The third-order valence-electron chi connectivity index (χ3n) is 3.25. The molecule has 0 aliphatic heterocycles. The van der Waals surface area contributed by atoms with Crippen molar-refractivity contribution in [1.82, 2.24) is 5.32 Å². The summed E-state index contributed by atoms with van der Waals surface area (Å²) in [5.41, 5.74) is 6.84. The fourth-order valence-electron chi connectivity index (χ4n) is 2.02. The topological polar surface area (TPSA) is 55.1 Å². The van der Waals surface area contributed by atoms with E-state index in [2.05, 4.69) is 40.3 Å². The van der Waals surface area contributed by atoms with E-state index in [1.54, 1.807) is 0 Å². The van der Waals surface area contributed by atoms with Crippen LogP contribution in [0.15, 0.2) is 28.7 Å².